The molecule has 2 aliphatic heterocycles. The van der Waals surface area contributed by atoms with Crippen LogP contribution >= 0.6 is 0 Å². The monoisotopic (exact) mass is 492 g/mol. The third-order valence-electron chi connectivity index (χ3n) is 7.29. The summed E-state index contributed by atoms with van der Waals surface area (Å²) >= 11 is 0. The predicted molar refractivity (Wildman–Crippen MR) is 130 cm³/mol. The molecule has 7 nitrogen and oxygen atoms in total. The van der Waals surface area contributed by atoms with Gasteiger partial charge in [-0.1, -0.05) is 11.2 Å². The molecule has 4 aromatic rings. The molecule has 2 fully saturated rings. The zero-order valence-electron chi connectivity index (χ0n) is 20.1. The first kappa shape index (κ1) is 22.8. The number of aryl methyl sites for hydroxylation is 2. The summed E-state index contributed by atoms with van der Waals surface area (Å²) in [5.41, 5.74) is 4.82. The second-order valence-corrected chi connectivity index (χ2v) is 9.50. The van der Waals surface area contributed by atoms with Crippen LogP contribution in [-0.4, -0.2) is 33.8 Å². The molecule has 2 aromatic carbocycles. The lowest BCUT2D eigenvalue weighted by Gasteiger charge is -2.30. The van der Waals surface area contributed by atoms with Gasteiger partial charge in [-0.2, -0.15) is 0 Å². The second kappa shape index (κ2) is 8.81. The van der Waals surface area contributed by atoms with Crippen molar-refractivity contribution in [1.29, 1.82) is 0 Å². The molecular formula is C27H26F2N4O3. The number of amides is 1. The maximum absolute atomic E-state index is 14.1. The number of hydrogen-bond donors (Lipinski definition) is 0. The lowest BCUT2D eigenvalue weighted by molar-refractivity contribution is -0.117. The highest BCUT2D eigenvalue weighted by Gasteiger charge is 2.38. The van der Waals surface area contributed by atoms with Gasteiger partial charge in [-0.05, 0) is 62.9 Å². The molecule has 1 amide bonds. The van der Waals surface area contributed by atoms with Gasteiger partial charge < -0.3 is 18.7 Å². The Balaban J connectivity index is 1.51. The fraction of sp³-hybridized carbons (Fsp3) is 0.370. The average Bonchev–Trinajstić information content (AvgIpc) is 3.55. The quantitative estimate of drug-likeness (QED) is 0.360. The molecule has 36 heavy (non-hydrogen) atoms. The highest BCUT2D eigenvalue weighted by molar-refractivity contribution is 5.96. The lowest BCUT2D eigenvalue weighted by Crippen LogP contribution is -2.31. The normalized spacial score (nSPS) is 19.1. The SMILES string of the molecule is Cc1noc(C)c1-c1ccc2c(c1)nc([C@@H]1CCC(=O)N1c1ccc(F)c(F)c1)n2C1CCOCC1. The molecule has 1 atom stereocenters. The van der Waals surface area contributed by atoms with Gasteiger partial charge >= 0.3 is 0 Å². The standard InChI is InChI=1S/C27H26F2N4O3/c1-15-26(16(2)36-31-15)17-3-6-23-22(13-17)30-27(33(23)18-9-11-35-12-10-18)24-7-8-25(34)32(24)19-4-5-20(28)21(29)14-19/h3-6,13-14,18,24H,7-12H2,1-2H3/t24-/m0/s1. The Morgan fingerprint density at radius 3 is 2.53 bits per heavy atom. The van der Waals surface area contributed by atoms with Gasteiger partial charge in [0.25, 0.3) is 0 Å². The lowest BCUT2D eigenvalue weighted by atomic mass is 10.0. The van der Waals surface area contributed by atoms with E-state index in [4.69, 9.17) is 14.2 Å². The molecule has 0 aliphatic carbocycles. The van der Waals surface area contributed by atoms with Crippen molar-refractivity contribution in [3.8, 4) is 11.1 Å². The first-order chi connectivity index (χ1) is 17.4. The van der Waals surface area contributed by atoms with Crippen LogP contribution in [0.1, 0.15) is 55.0 Å². The molecule has 0 bridgehead atoms. The number of imidazole rings is 1. The largest absolute Gasteiger partial charge is 0.381 e. The minimum absolute atomic E-state index is 0.131. The average molecular weight is 493 g/mol. The molecule has 0 radical (unpaired) electrons. The van der Waals surface area contributed by atoms with Crippen LogP contribution in [0.15, 0.2) is 40.9 Å². The first-order valence-electron chi connectivity index (χ1n) is 12.2. The van der Waals surface area contributed by atoms with Crippen molar-refractivity contribution in [3.05, 3.63) is 65.3 Å². The molecule has 186 valence electrons. The van der Waals surface area contributed by atoms with Crippen molar-refractivity contribution in [2.45, 2.75) is 51.6 Å². The van der Waals surface area contributed by atoms with Crippen LogP contribution in [-0.2, 0) is 9.53 Å². The topological polar surface area (TPSA) is 73.4 Å². The summed E-state index contributed by atoms with van der Waals surface area (Å²) in [4.78, 5) is 19.6. The first-order valence-corrected chi connectivity index (χ1v) is 12.2. The van der Waals surface area contributed by atoms with Crippen LogP contribution < -0.4 is 4.90 Å². The van der Waals surface area contributed by atoms with Gasteiger partial charge in [0.15, 0.2) is 11.6 Å². The van der Waals surface area contributed by atoms with Crippen LogP contribution in [0.2, 0.25) is 0 Å². The van der Waals surface area contributed by atoms with Crippen molar-refractivity contribution >= 4 is 22.6 Å². The van der Waals surface area contributed by atoms with Gasteiger partial charge in [-0.3, -0.25) is 4.79 Å². The highest BCUT2D eigenvalue weighted by atomic mass is 19.2. The van der Waals surface area contributed by atoms with Crippen molar-refractivity contribution < 1.29 is 22.8 Å². The third-order valence-corrected chi connectivity index (χ3v) is 7.29. The molecule has 0 unspecified atom stereocenters. The van der Waals surface area contributed by atoms with Crippen molar-refractivity contribution in [2.24, 2.45) is 0 Å². The number of nitrogens with zero attached hydrogens (tertiary/aromatic N) is 4. The molecule has 6 rings (SSSR count). The highest BCUT2D eigenvalue weighted by Crippen LogP contribution is 2.41. The Kier molecular flexibility index (Phi) is 5.59. The summed E-state index contributed by atoms with van der Waals surface area (Å²) in [6, 6.07) is 9.49. The summed E-state index contributed by atoms with van der Waals surface area (Å²) in [5.74, 6) is -0.561. The number of fused-ring (bicyclic) bond motifs is 1. The molecule has 2 aliphatic rings. The summed E-state index contributed by atoms with van der Waals surface area (Å²) in [6.45, 7) is 5.09. The van der Waals surface area contributed by atoms with E-state index in [1.165, 1.54) is 6.07 Å². The minimum atomic E-state index is -0.979. The van der Waals surface area contributed by atoms with Gasteiger partial charge in [0.1, 0.15) is 11.6 Å². The number of carbonyl (C=O) groups is 1. The molecule has 0 spiro atoms. The van der Waals surface area contributed by atoms with E-state index in [9.17, 15) is 13.6 Å². The summed E-state index contributed by atoms with van der Waals surface area (Å²) in [5, 5.41) is 4.08. The predicted octanol–water partition coefficient (Wildman–Crippen LogP) is 5.81. The number of halogens is 2. The van der Waals surface area contributed by atoms with E-state index in [0.29, 0.717) is 31.7 Å². The molecule has 2 saturated heterocycles. The van der Waals surface area contributed by atoms with Crippen LogP contribution in [0.3, 0.4) is 0 Å². The van der Waals surface area contributed by atoms with E-state index in [0.717, 1.165) is 64.4 Å². The van der Waals surface area contributed by atoms with E-state index < -0.39 is 11.6 Å². The Morgan fingerprint density at radius 1 is 1.00 bits per heavy atom. The summed E-state index contributed by atoms with van der Waals surface area (Å²) < 4.78 is 41.0. The van der Waals surface area contributed by atoms with Gasteiger partial charge in [0.2, 0.25) is 5.91 Å². The van der Waals surface area contributed by atoms with Crippen LogP contribution in [0.25, 0.3) is 22.2 Å². The molecule has 4 heterocycles. The van der Waals surface area contributed by atoms with E-state index in [1.54, 1.807) is 4.90 Å². The zero-order valence-corrected chi connectivity index (χ0v) is 20.1. The van der Waals surface area contributed by atoms with E-state index >= 15 is 0 Å². The number of hydrogen-bond acceptors (Lipinski definition) is 5. The van der Waals surface area contributed by atoms with Gasteiger partial charge in [0.05, 0.1) is 22.8 Å². The molecule has 0 N–H and O–H groups in total. The fourth-order valence-electron chi connectivity index (χ4n) is 5.62. The molecule has 9 heteroatoms. The van der Waals surface area contributed by atoms with E-state index in [-0.39, 0.29) is 18.0 Å². The van der Waals surface area contributed by atoms with Crippen LogP contribution in [0, 0.1) is 25.5 Å². The van der Waals surface area contributed by atoms with Gasteiger partial charge in [-0.15, -0.1) is 0 Å². The Hall–Kier alpha value is -3.59. The maximum atomic E-state index is 14.1. The van der Waals surface area contributed by atoms with Gasteiger partial charge in [-0.25, -0.2) is 13.8 Å². The number of ether oxygens (including phenoxy) is 1. The number of anilines is 1. The number of benzene rings is 2. The molecular weight excluding hydrogens is 466 g/mol. The second-order valence-electron chi connectivity index (χ2n) is 9.50. The minimum Gasteiger partial charge on any atom is -0.381 e. The van der Waals surface area contributed by atoms with Crippen molar-refractivity contribution in [1.82, 2.24) is 14.7 Å². The molecule has 0 saturated carbocycles. The zero-order chi connectivity index (χ0) is 25.0. The Bertz CT molecular complexity index is 1450. The number of aromatic nitrogens is 3. The van der Waals surface area contributed by atoms with Crippen LogP contribution in [0.5, 0.6) is 0 Å². The third kappa shape index (κ3) is 3.69. The number of carbonyl (C=O) groups excluding carboxylic acids is 1. The smallest absolute Gasteiger partial charge is 0.227 e. The molecule has 2 aromatic heterocycles. The van der Waals surface area contributed by atoms with E-state index in [1.807, 2.05) is 26.0 Å². The number of rotatable bonds is 4. The summed E-state index contributed by atoms with van der Waals surface area (Å²) in [7, 11) is 0. The maximum Gasteiger partial charge on any atom is 0.227 e. The van der Waals surface area contributed by atoms with Crippen molar-refractivity contribution in [2.75, 3.05) is 18.1 Å². The summed E-state index contributed by atoms with van der Waals surface area (Å²) in [6.07, 6.45) is 2.51. The van der Waals surface area contributed by atoms with Crippen LogP contribution in [0.4, 0.5) is 14.5 Å². The van der Waals surface area contributed by atoms with Crippen molar-refractivity contribution in [3.63, 3.8) is 0 Å². The van der Waals surface area contributed by atoms with E-state index in [2.05, 4.69) is 15.8 Å². The van der Waals surface area contributed by atoms with Gasteiger partial charge in [0, 0.05) is 43.0 Å². The fourth-order valence-corrected chi connectivity index (χ4v) is 5.62. The Labute approximate surface area is 206 Å². The Morgan fingerprint density at radius 2 is 1.81 bits per heavy atom.